The van der Waals surface area contributed by atoms with Crippen molar-refractivity contribution in [3.8, 4) is 16.9 Å². The van der Waals surface area contributed by atoms with Crippen LogP contribution in [0.2, 0.25) is 0 Å². The maximum atomic E-state index is 14.1. The van der Waals surface area contributed by atoms with E-state index in [0.29, 0.717) is 34.9 Å². The summed E-state index contributed by atoms with van der Waals surface area (Å²) in [7, 11) is -4.04. The van der Waals surface area contributed by atoms with Crippen molar-refractivity contribution in [3.05, 3.63) is 103 Å². The number of rotatable bonds is 10. The van der Waals surface area contributed by atoms with Gasteiger partial charge in [0.15, 0.2) is 0 Å². The van der Waals surface area contributed by atoms with Crippen molar-refractivity contribution in [1.29, 1.82) is 0 Å². The van der Waals surface area contributed by atoms with Crippen LogP contribution < -0.4 is 15.8 Å². The molecule has 8 nitrogen and oxygen atoms in total. The lowest BCUT2D eigenvalue weighted by atomic mass is 10.1. The fraction of sp³-hybridized carbons (Fsp3) is 0.194. The molecule has 206 valence electrons. The highest BCUT2D eigenvalue weighted by Gasteiger charge is 2.27. The number of para-hydroxylation sites is 2. The maximum absolute atomic E-state index is 14.1. The van der Waals surface area contributed by atoms with E-state index in [-0.39, 0.29) is 10.8 Å². The van der Waals surface area contributed by atoms with Crippen LogP contribution in [0.4, 0.5) is 11.4 Å². The Kier molecular flexibility index (Phi) is 8.33. The van der Waals surface area contributed by atoms with Crippen molar-refractivity contribution in [3.63, 3.8) is 0 Å². The highest BCUT2D eigenvalue weighted by Crippen LogP contribution is 2.36. The number of nitrogens with zero attached hydrogens (tertiary/aromatic N) is 2. The number of anilines is 2. The van der Waals surface area contributed by atoms with Crippen LogP contribution in [0.25, 0.3) is 17.2 Å². The number of nitrogen functional groups attached to an aromatic ring is 1. The molecule has 1 aliphatic rings. The van der Waals surface area contributed by atoms with Gasteiger partial charge >= 0.3 is 0 Å². The van der Waals surface area contributed by atoms with E-state index in [1.54, 1.807) is 48.5 Å². The first-order valence-corrected chi connectivity index (χ1v) is 14.7. The predicted molar refractivity (Wildman–Crippen MR) is 159 cm³/mol. The minimum atomic E-state index is -4.04. The zero-order chi connectivity index (χ0) is 28.0. The van der Waals surface area contributed by atoms with Crippen LogP contribution in [0.15, 0.2) is 102 Å². The average Bonchev–Trinajstić information content (AvgIpc) is 3.67. The second-order valence-electron chi connectivity index (χ2n) is 9.59. The Morgan fingerprint density at radius 2 is 1.70 bits per heavy atom. The third kappa shape index (κ3) is 6.27. The van der Waals surface area contributed by atoms with Crippen molar-refractivity contribution in [2.75, 3.05) is 37.3 Å². The molecule has 5 rings (SSSR count). The normalized spacial score (nSPS) is 14.0. The topological polar surface area (TPSA) is 107 Å². The van der Waals surface area contributed by atoms with Crippen molar-refractivity contribution < 1.29 is 17.9 Å². The first kappa shape index (κ1) is 27.2. The quantitative estimate of drug-likeness (QED) is 0.208. The highest BCUT2D eigenvalue weighted by atomic mass is 32.2. The number of carbonyl (C=O) groups excluding carboxylic acids is 1. The molecule has 3 aromatic carbocycles. The first-order chi connectivity index (χ1) is 19.4. The smallest absolute Gasteiger partial charge is 0.271 e. The van der Waals surface area contributed by atoms with Crippen LogP contribution in [0, 0.1) is 0 Å². The molecule has 1 fully saturated rings. The number of benzene rings is 3. The van der Waals surface area contributed by atoms with E-state index in [4.69, 9.17) is 10.5 Å². The molecule has 1 aromatic heterocycles. The number of amides is 1. The van der Waals surface area contributed by atoms with Gasteiger partial charge in [-0.05, 0) is 67.4 Å². The average molecular weight is 557 g/mol. The number of likely N-dealkylation sites (tertiary alicyclic amines) is 1. The van der Waals surface area contributed by atoms with E-state index in [2.05, 4.69) is 10.2 Å². The molecule has 40 heavy (non-hydrogen) atoms. The van der Waals surface area contributed by atoms with Crippen molar-refractivity contribution in [2.45, 2.75) is 17.7 Å². The molecular weight excluding hydrogens is 524 g/mol. The fourth-order valence-electron chi connectivity index (χ4n) is 4.73. The molecule has 9 heteroatoms. The van der Waals surface area contributed by atoms with E-state index in [1.807, 2.05) is 36.4 Å². The molecule has 2 heterocycles. The molecule has 3 N–H and O–H groups in total. The molecule has 4 aromatic rings. The van der Waals surface area contributed by atoms with Gasteiger partial charge in [-0.1, -0.05) is 54.6 Å². The molecule has 0 bridgehead atoms. The van der Waals surface area contributed by atoms with Gasteiger partial charge in [0.25, 0.3) is 10.0 Å². The van der Waals surface area contributed by atoms with E-state index in [0.717, 1.165) is 29.2 Å². The van der Waals surface area contributed by atoms with E-state index >= 15 is 0 Å². The van der Waals surface area contributed by atoms with Gasteiger partial charge in [0.2, 0.25) is 5.91 Å². The standard InChI is InChI=1S/C31H32N4O4S/c32-27-12-4-5-13-28(27)33-30(36)16-15-24-17-20-35(23-24)40(37,38)31-26(25-9-2-1-3-10-25)11-8-14-29(31)39-22-21-34-18-6-7-19-34/h1-5,8-17,20,23H,6-7,18-19,21-22,32H2,(H,33,36)/b16-15+. The monoisotopic (exact) mass is 556 g/mol. The summed E-state index contributed by atoms with van der Waals surface area (Å²) in [6.45, 7) is 3.20. The number of hydrogen-bond donors (Lipinski definition) is 2. The first-order valence-electron chi connectivity index (χ1n) is 13.2. The molecule has 0 aliphatic carbocycles. The zero-order valence-electron chi connectivity index (χ0n) is 22.1. The summed E-state index contributed by atoms with van der Waals surface area (Å²) in [6.07, 6.45) is 8.19. The number of aromatic nitrogens is 1. The number of ether oxygens (including phenoxy) is 1. The molecule has 1 saturated heterocycles. The summed E-state index contributed by atoms with van der Waals surface area (Å²) >= 11 is 0. The Balaban J connectivity index is 1.41. The minimum absolute atomic E-state index is 0.103. The third-order valence-electron chi connectivity index (χ3n) is 6.80. The summed E-state index contributed by atoms with van der Waals surface area (Å²) in [5, 5.41) is 2.72. The lowest BCUT2D eigenvalue weighted by Crippen LogP contribution is -2.25. The van der Waals surface area contributed by atoms with E-state index < -0.39 is 10.0 Å². The number of hydrogen-bond acceptors (Lipinski definition) is 6. The molecule has 1 amide bonds. The van der Waals surface area contributed by atoms with Crippen LogP contribution in [0.1, 0.15) is 18.4 Å². The van der Waals surface area contributed by atoms with E-state index in [1.165, 1.54) is 31.3 Å². The molecule has 0 spiro atoms. The van der Waals surface area contributed by atoms with E-state index in [9.17, 15) is 13.2 Å². The minimum Gasteiger partial charge on any atom is -0.491 e. The third-order valence-corrected chi connectivity index (χ3v) is 8.52. The largest absolute Gasteiger partial charge is 0.491 e. The molecule has 0 unspecified atom stereocenters. The lowest BCUT2D eigenvalue weighted by Gasteiger charge is -2.19. The van der Waals surface area contributed by atoms with Gasteiger partial charge < -0.3 is 15.8 Å². The summed E-state index contributed by atoms with van der Waals surface area (Å²) in [5.74, 6) is -0.0669. The van der Waals surface area contributed by atoms with Crippen molar-refractivity contribution >= 4 is 33.4 Å². The second kappa shape index (κ2) is 12.2. The van der Waals surface area contributed by atoms with Crippen LogP contribution in [0.3, 0.4) is 0 Å². The molecule has 0 radical (unpaired) electrons. The maximum Gasteiger partial charge on any atom is 0.271 e. The Bertz CT molecular complexity index is 1610. The Morgan fingerprint density at radius 3 is 2.48 bits per heavy atom. The van der Waals surface area contributed by atoms with Crippen LogP contribution in [-0.4, -0.2) is 49.4 Å². The summed E-state index contributed by atoms with van der Waals surface area (Å²) in [4.78, 5) is 14.8. The molecule has 0 atom stereocenters. The van der Waals surface area contributed by atoms with Crippen LogP contribution >= 0.6 is 0 Å². The lowest BCUT2D eigenvalue weighted by molar-refractivity contribution is -0.111. The summed E-state index contributed by atoms with van der Waals surface area (Å²) < 4.78 is 35.4. The number of carbonyl (C=O) groups is 1. The van der Waals surface area contributed by atoms with Gasteiger partial charge in [-0.15, -0.1) is 0 Å². The molecule has 1 aliphatic heterocycles. The molecule has 0 saturated carbocycles. The van der Waals surface area contributed by atoms with Crippen molar-refractivity contribution in [1.82, 2.24) is 8.87 Å². The predicted octanol–water partition coefficient (Wildman–Crippen LogP) is 5.10. The summed E-state index contributed by atoms with van der Waals surface area (Å²) in [5.41, 5.74) is 8.73. The van der Waals surface area contributed by atoms with Gasteiger partial charge in [-0.2, -0.15) is 0 Å². The van der Waals surface area contributed by atoms with Crippen LogP contribution in [0.5, 0.6) is 5.75 Å². The van der Waals surface area contributed by atoms with Crippen molar-refractivity contribution in [2.24, 2.45) is 0 Å². The number of nitrogens with two attached hydrogens (primary N) is 1. The zero-order valence-corrected chi connectivity index (χ0v) is 22.9. The van der Waals surface area contributed by atoms with Gasteiger partial charge in [0, 0.05) is 30.6 Å². The van der Waals surface area contributed by atoms with Gasteiger partial charge in [0.1, 0.15) is 17.3 Å². The summed E-state index contributed by atoms with van der Waals surface area (Å²) in [6, 6.07) is 23.3. The SMILES string of the molecule is Nc1ccccc1NC(=O)/C=C/c1ccn(S(=O)(=O)c2c(OCCN3CCCC3)cccc2-c2ccccc2)c1. The Hall–Kier alpha value is -4.34. The fourth-order valence-corrected chi connectivity index (χ4v) is 6.27. The Labute approximate surface area is 234 Å². The number of nitrogens with one attached hydrogen (secondary N) is 1. The molecular formula is C31H32N4O4S. The highest BCUT2D eigenvalue weighted by molar-refractivity contribution is 7.90. The Morgan fingerprint density at radius 1 is 0.950 bits per heavy atom. The van der Waals surface area contributed by atoms with Gasteiger partial charge in [0.05, 0.1) is 11.4 Å². The van der Waals surface area contributed by atoms with Gasteiger partial charge in [-0.25, -0.2) is 12.4 Å². The van der Waals surface area contributed by atoms with Gasteiger partial charge in [-0.3, -0.25) is 9.69 Å². The second-order valence-corrected chi connectivity index (χ2v) is 11.4. The van der Waals surface area contributed by atoms with Crippen LogP contribution in [-0.2, 0) is 14.8 Å².